The molecule has 0 aliphatic heterocycles. The smallest absolute Gasteiger partial charge is 0.306 e. The van der Waals surface area contributed by atoms with Crippen LogP contribution in [0.15, 0.2) is 12.2 Å². The predicted octanol–water partition coefficient (Wildman–Crippen LogP) is 5.14. The summed E-state index contributed by atoms with van der Waals surface area (Å²) < 4.78 is 11.0. The van der Waals surface area contributed by atoms with Gasteiger partial charge in [-0.05, 0) is 52.5 Å². The van der Waals surface area contributed by atoms with Crippen molar-refractivity contribution in [2.45, 2.75) is 110 Å². The van der Waals surface area contributed by atoms with E-state index in [1.165, 1.54) is 13.8 Å². The van der Waals surface area contributed by atoms with Crippen LogP contribution >= 0.6 is 0 Å². The summed E-state index contributed by atoms with van der Waals surface area (Å²) >= 11 is 0. The fourth-order valence-electron chi connectivity index (χ4n) is 2.62. The maximum Gasteiger partial charge on any atom is 0.306 e. The lowest BCUT2D eigenvalue weighted by Gasteiger charge is -2.26. The van der Waals surface area contributed by atoms with Gasteiger partial charge in [-0.3, -0.25) is 9.59 Å². The van der Waals surface area contributed by atoms with Crippen molar-refractivity contribution in [2.24, 2.45) is 0 Å². The molecule has 0 amide bonds. The van der Waals surface area contributed by atoms with Crippen LogP contribution in [0.4, 0.5) is 0 Å². The zero-order valence-corrected chi connectivity index (χ0v) is 18.7. The summed E-state index contributed by atoms with van der Waals surface area (Å²) in [5.41, 5.74) is -1.29. The molecule has 5 nitrogen and oxygen atoms in total. The molecule has 0 saturated carbocycles. The van der Waals surface area contributed by atoms with E-state index in [0.717, 1.165) is 51.4 Å². The Labute approximate surface area is 171 Å². The van der Waals surface area contributed by atoms with E-state index in [9.17, 15) is 14.7 Å². The SMILES string of the molecule is CCC(C)(CC)OC/C=C/COC(=O)CCCCCCCCC(=O)C(C)(C)O. The van der Waals surface area contributed by atoms with Crippen LogP contribution in [0.2, 0.25) is 0 Å². The maximum atomic E-state index is 11.7. The molecule has 0 unspecified atom stereocenters. The van der Waals surface area contributed by atoms with E-state index in [2.05, 4.69) is 20.8 Å². The molecule has 28 heavy (non-hydrogen) atoms. The number of esters is 1. The number of unbranched alkanes of at least 4 members (excludes halogenated alkanes) is 5. The first-order valence-corrected chi connectivity index (χ1v) is 10.8. The minimum Gasteiger partial charge on any atom is -0.461 e. The molecule has 0 atom stereocenters. The number of Topliss-reactive ketones (excluding diaryl/α,β-unsaturated/α-hetero) is 1. The molecule has 0 aliphatic carbocycles. The first kappa shape index (κ1) is 26.8. The molecule has 1 N–H and O–H groups in total. The fraction of sp³-hybridized carbons (Fsp3) is 0.826. The third-order valence-corrected chi connectivity index (χ3v) is 5.25. The molecular formula is C23H42O5. The van der Waals surface area contributed by atoms with Crippen molar-refractivity contribution >= 4 is 11.8 Å². The summed E-state index contributed by atoms with van der Waals surface area (Å²) in [4.78, 5) is 23.3. The lowest BCUT2D eigenvalue weighted by molar-refractivity contribution is -0.142. The number of carbonyl (C=O) groups is 2. The van der Waals surface area contributed by atoms with Gasteiger partial charge in [0.25, 0.3) is 0 Å². The van der Waals surface area contributed by atoms with E-state index in [-0.39, 0.29) is 17.4 Å². The van der Waals surface area contributed by atoms with E-state index >= 15 is 0 Å². The number of ether oxygens (including phenoxy) is 2. The molecule has 0 fully saturated rings. The van der Waals surface area contributed by atoms with Crippen LogP contribution in [0.3, 0.4) is 0 Å². The van der Waals surface area contributed by atoms with Crippen LogP contribution in [-0.4, -0.2) is 41.3 Å². The minimum absolute atomic E-state index is 0.0774. The Hall–Kier alpha value is -1.20. The van der Waals surface area contributed by atoms with Crippen molar-refractivity contribution in [3.63, 3.8) is 0 Å². The highest BCUT2D eigenvalue weighted by atomic mass is 16.5. The number of hydrogen-bond acceptors (Lipinski definition) is 5. The molecule has 0 aliphatic rings. The van der Waals surface area contributed by atoms with Crippen LogP contribution in [0.5, 0.6) is 0 Å². The molecule has 0 radical (unpaired) electrons. The van der Waals surface area contributed by atoms with Gasteiger partial charge in [-0.15, -0.1) is 0 Å². The van der Waals surface area contributed by atoms with Crippen LogP contribution in [-0.2, 0) is 19.1 Å². The average Bonchev–Trinajstić information content (AvgIpc) is 2.65. The van der Waals surface area contributed by atoms with Gasteiger partial charge in [-0.2, -0.15) is 0 Å². The van der Waals surface area contributed by atoms with E-state index in [0.29, 0.717) is 26.1 Å². The van der Waals surface area contributed by atoms with Gasteiger partial charge >= 0.3 is 5.97 Å². The van der Waals surface area contributed by atoms with Crippen molar-refractivity contribution in [1.29, 1.82) is 0 Å². The predicted molar refractivity (Wildman–Crippen MR) is 113 cm³/mol. The van der Waals surface area contributed by atoms with E-state index in [1.54, 1.807) is 0 Å². The van der Waals surface area contributed by atoms with Gasteiger partial charge in [0, 0.05) is 12.8 Å². The second-order valence-electron chi connectivity index (χ2n) is 8.23. The van der Waals surface area contributed by atoms with Gasteiger partial charge < -0.3 is 14.6 Å². The zero-order valence-electron chi connectivity index (χ0n) is 18.7. The summed E-state index contributed by atoms with van der Waals surface area (Å²) in [6.07, 6.45) is 12.3. The highest BCUT2D eigenvalue weighted by Gasteiger charge is 2.22. The highest BCUT2D eigenvalue weighted by Crippen LogP contribution is 2.18. The molecule has 0 spiro atoms. The summed E-state index contributed by atoms with van der Waals surface area (Å²) in [7, 11) is 0. The third kappa shape index (κ3) is 13.9. The largest absolute Gasteiger partial charge is 0.461 e. The Morgan fingerprint density at radius 3 is 1.86 bits per heavy atom. The molecule has 0 rings (SSSR count). The standard InChI is InChI=1S/C23H42O5/c1-6-23(5,7-2)28-19-15-14-18-27-21(25)17-13-11-9-8-10-12-16-20(24)22(3,4)26/h14-15,26H,6-13,16-19H2,1-5H3/b15-14+. The van der Waals surface area contributed by atoms with Crippen LogP contribution in [0.25, 0.3) is 0 Å². The van der Waals surface area contributed by atoms with E-state index in [4.69, 9.17) is 9.47 Å². The lowest BCUT2D eigenvalue weighted by atomic mass is 9.98. The molecule has 0 aromatic rings. The Bertz CT molecular complexity index is 458. The van der Waals surface area contributed by atoms with Crippen molar-refractivity contribution in [3.05, 3.63) is 12.2 Å². The second kappa shape index (κ2) is 14.7. The van der Waals surface area contributed by atoms with Gasteiger partial charge in [-0.25, -0.2) is 0 Å². The molecule has 0 bridgehead atoms. The van der Waals surface area contributed by atoms with Crippen molar-refractivity contribution in [2.75, 3.05) is 13.2 Å². The molecule has 164 valence electrons. The lowest BCUT2D eigenvalue weighted by Crippen LogP contribution is -2.30. The van der Waals surface area contributed by atoms with Crippen molar-refractivity contribution < 1.29 is 24.2 Å². The Morgan fingerprint density at radius 1 is 0.821 bits per heavy atom. The summed E-state index contributed by atoms with van der Waals surface area (Å²) in [6, 6.07) is 0. The van der Waals surface area contributed by atoms with Crippen LogP contribution < -0.4 is 0 Å². The monoisotopic (exact) mass is 398 g/mol. The Morgan fingerprint density at radius 2 is 1.32 bits per heavy atom. The summed E-state index contributed by atoms with van der Waals surface area (Å²) in [5, 5.41) is 9.56. The zero-order chi connectivity index (χ0) is 21.5. The number of hydrogen-bond donors (Lipinski definition) is 1. The normalized spacial score (nSPS) is 12.5. The van der Waals surface area contributed by atoms with E-state index < -0.39 is 5.60 Å². The number of rotatable bonds is 17. The third-order valence-electron chi connectivity index (χ3n) is 5.25. The molecule has 5 heteroatoms. The summed E-state index contributed by atoms with van der Waals surface area (Å²) in [6.45, 7) is 10.3. The fourth-order valence-corrected chi connectivity index (χ4v) is 2.62. The molecule has 0 saturated heterocycles. The van der Waals surface area contributed by atoms with Gasteiger partial charge in [0.1, 0.15) is 12.2 Å². The van der Waals surface area contributed by atoms with E-state index in [1.807, 2.05) is 12.2 Å². The van der Waals surface area contributed by atoms with Crippen LogP contribution in [0.1, 0.15) is 98.8 Å². The maximum absolute atomic E-state index is 11.7. The topological polar surface area (TPSA) is 72.8 Å². The van der Waals surface area contributed by atoms with Crippen molar-refractivity contribution in [1.82, 2.24) is 0 Å². The molecule has 0 aromatic heterocycles. The first-order chi connectivity index (χ1) is 13.1. The van der Waals surface area contributed by atoms with Crippen molar-refractivity contribution in [3.8, 4) is 0 Å². The minimum atomic E-state index is -1.21. The second-order valence-corrected chi connectivity index (χ2v) is 8.23. The van der Waals surface area contributed by atoms with Gasteiger partial charge in [0.15, 0.2) is 5.78 Å². The molecule has 0 heterocycles. The summed E-state index contributed by atoms with van der Waals surface area (Å²) in [5.74, 6) is -0.256. The van der Waals surface area contributed by atoms with Crippen LogP contribution in [0, 0.1) is 0 Å². The van der Waals surface area contributed by atoms with Gasteiger partial charge in [0.05, 0.1) is 12.2 Å². The highest BCUT2D eigenvalue weighted by molar-refractivity contribution is 5.86. The molecule has 0 aromatic carbocycles. The van der Waals surface area contributed by atoms with Gasteiger partial charge in [0.2, 0.25) is 0 Å². The average molecular weight is 399 g/mol. The van der Waals surface area contributed by atoms with Gasteiger partial charge in [-0.1, -0.05) is 45.6 Å². The first-order valence-electron chi connectivity index (χ1n) is 10.8. The number of carbonyl (C=O) groups excluding carboxylic acids is 2. The molecular weight excluding hydrogens is 356 g/mol. The quantitative estimate of drug-likeness (QED) is 0.209. The Kier molecular flexibility index (Phi) is 14.1. The number of ketones is 1. The number of aliphatic hydroxyl groups is 1. The Balaban J connectivity index is 3.56.